The van der Waals surface area contributed by atoms with Crippen LogP contribution in [0.25, 0.3) is 0 Å². The molecule has 0 bridgehead atoms. The van der Waals surface area contributed by atoms with Crippen molar-refractivity contribution in [2.45, 2.75) is 37.6 Å². The number of benzene rings is 1. The van der Waals surface area contributed by atoms with Crippen molar-refractivity contribution < 1.29 is 14.1 Å². The van der Waals surface area contributed by atoms with Gasteiger partial charge in [0.25, 0.3) is 5.91 Å². The first-order valence-electron chi connectivity index (χ1n) is 7.69. The zero-order valence-electron chi connectivity index (χ0n) is 12.5. The maximum atomic E-state index is 12.4. The van der Waals surface area contributed by atoms with Crippen molar-refractivity contribution in [2.24, 2.45) is 0 Å². The first-order valence-corrected chi connectivity index (χ1v) is 7.69. The van der Waals surface area contributed by atoms with Gasteiger partial charge in [0.2, 0.25) is 0 Å². The van der Waals surface area contributed by atoms with E-state index < -0.39 is 0 Å². The Morgan fingerprint density at radius 2 is 2.23 bits per heavy atom. The maximum absolute atomic E-state index is 12.4. The molecule has 1 heterocycles. The average molecular weight is 298 g/mol. The molecule has 1 amide bonds. The Hall–Kier alpha value is -2.30. The fraction of sp³-hybridized carbons (Fsp3) is 0.412. The lowest BCUT2D eigenvalue weighted by Crippen LogP contribution is -2.27. The van der Waals surface area contributed by atoms with E-state index in [2.05, 4.69) is 10.5 Å². The van der Waals surface area contributed by atoms with Crippen molar-refractivity contribution in [3.63, 3.8) is 0 Å². The summed E-state index contributed by atoms with van der Waals surface area (Å²) in [6.45, 7) is 0. The van der Waals surface area contributed by atoms with Crippen molar-refractivity contribution in [2.75, 3.05) is 7.11 Å². The van der Waals surface area contributed by atoms with E-state index in [9.17, 15) is 4.79 Å². The molecule has 1 saturated carbocycles. The van der Waals surface area contributed by atoms with E-state index in [-0.39, 0.29) is 11.9 Å². The maximum Gasteiger partial charge on any atom is 0.273 e. The van der Waals surface area contributed by atoms with Crippen molar-refractivity contribution in [1.29, 1.82) is 0 Å². The Kier molecular flexibility index (Phi) is 3.13. The van der Waals surface area contributed by atoms with E-state index in [0.29, 0.717) is 11.6 Å². The minimum Gasteiger partial charge on any atom is -0.496 e. The Balaban J connectivity index is 1.51. The van der Waals surface area contributed by atoms with Gasteiger partial charge in [0, 0.05) is 12.0 Å². The molecule has 1 fully saturated rings. The summed E-state index contributed by atoms with van der Waals surface area (Å²) in [7, 11) is 1.68. The molecule has 114 valence electrons. The molecule has 0 aliphatic heterocycles. The van der Waals surface area contributed by atoms with Crippen molar-refractivity contribution in [1.82, 2.24) is 10.5 Å². The molecule has 2 aliphatic carbocycles. The number of fused-ring (bicyclic) bond motifs is 1. The van der Waals surface area contributed by atoms with Crippen molar-refractivity contribution in [3.05, 3.63) is 46.8 Å². The molecule has 22 heavy (non-hydrogen) atoms. The summed E-state index contributed by atoms with van der Waals surface area (Å²) < 4.78 is 10.6. The van der Waals surface area contributed by atoms with E-state index in [1.807, 2.05) is 18.2 Å². The number of carbonyl (C=O) groups excluding carboxylic acids is 1. The Labute approximate surface area is 128 Å². The molecule has 1 aromatic heterocycles. The van der Waals surface area contributed by atoms with Gasteiger partial charge in [-0.05, 0) is 42.9 Å². The van der Waals surface area contributed by atoms with Crippen LogP contribution >= 0.6 is 0 Å². The van der Waals surface area contributed by atoms with Crippen LogP contribution in [0.5, 0.6) is 5.75 Å². The Morgan fingerprint density at radius 3 is 3.00 bits per heavy atom. The third kappa shape index (κ3) is 2.26. The fourth-order valence-electron chi connectivity index (χ4n) is 3.15. The van der Waals surface area contributed by atoms with Gasteiger partial charge in [-0.3, -0.25) is 4.79 Å². The summed E-state index contributed by atoms with van der Waals surface area (Å²) in [5.74, 6) is 2.02. The zero-order chi connectivity index (χ0) is 15.1. The predicted molar refractivity (Wildman–Crippen MR) is 80.0 cm³/mol. The third-order valence-electron chi connectivity index (χ3n) is 4.49. The van der Waals surface area contributed by atoms with E-state index >= 15 is 0 Å². The quantitative estimate of drug-likeness (QED) is 0.942. The van der Waals surface area contributed by atoms with Gasteiger partial charge in [0.05, 0.1) is 13.2 Å². The molecule has 0 spiro atoms. The van der Waals surface area contributed by atoms with Crippen LogP contribution in [0.4, 0.5) is 0 Å². The highest BCUT2D eigenvalue weighted by Gasteiger charge is 2.30. The molecule has 0 saturated heterocycles. The lowest BCUT2D eigenvalue weighted by molar-refractivity contribution is 0.0927. The summed E-state index contributed by atoms with van der Waals surface area (Å²) in [5, 5.41) is 6.96. The van der Waals surface area contributed by atoms with Crippen LogP contribution in [0.15, 0.2) is 28.8 Å². The first-order chi connectivity index (χ1) is 10.8. The van der Waals surface area contributed by atoms with Gasteiger partial charge in [-0.25, -0.2) is 0 Å². The Morgan fingerprint density at radius 1 is 1.36 bits per heavy atom. The molecule has 1 aromatic carbocycles. The molecule has 2 aliphatic rings. The van der Waals surface area contributed by atoms with Gasteiger partial charge in [0.1, 0.15) is 11.5 Å². The summed E-state index contributed by atoms with van der Waals surface area (Å²) in [6, 6.07) is 7.76. The lowest BCUT2D eigenvalue weighted by Gasteiger charge is -2.13. The lowest BCUT2D eigenvalue weighted by atomic mass is 10.1. The van der Waals surface area contributed by atoms with Gasteiger partial charge in [0.15, 0.2) is 5.69 Å². The van der Waals surface area contributed by atoms with Gasteiger partial charge in [-0.1, -0.05) is 17.3 Å². The number of rotatable bonds is 4. The molecule has 4 rings (SSSR count). The molecule has 5 heteroatoms. The van der Waals surface area contributed by atoms with Crippen molar-refractivity contribution >= 4 is 5.91 Å². The third-order valence-corrected chi connectivity index (χ3v) is 4.49. The van der Waals surface area contributed by atoms with Crippen LogP contribution in [0.1, 0.15) is 58.6 Å². The second-order valence-electron chi connectivity index (χ2n) is 5.98. The minimum absolute atomic E-state index is 0.0127. The van der Waals surface area contributed by atoms with E-state index in [4.69, 9.17) is 9.26 Å². The van der Waals surface area contributed by atoms with Gasteiger partial charge >= 0.3 is 0 Å². The van der Waals surface area contributed by atoms with E-state index in [1.165, 1.54) is 5.56 Å². The van der Waals surface area contributed by atoms with Crippen LogP contribution < -0.4 is 10.1 Å². The zero-order valence-corrected chi connectivity index (χ0v) is 12.5. The summed E-state index contributed by atoms with van der Waals surface area (Å²) >= 11 is 0. The van der Waals surface area contributed by atoms with E-state index in [0.717, 1.165) is 42.8 Å². The number of amides is 1. The smallest absolute Gasteiger partial charge is 0.273 e. The average Bonchev–Trinajstić information content (AvgIpc) is 3.12. The largest absolute Gasteiger partial charge is 0.496 e. The summed E-state index contributed by atoms with van der Waals surface area (Å²) in [5.41, 5.74) is 2.70. The number of aromatic nitrogens is 1. The molecular formula is C17H18N2O3. The number of carbonyl (C=O) groups is 1. The van der Waals surface area contributed by atoms with Gasteiger partial charge < -0.3 is 14.6 Å². The van der Waals surface area contributed by atoms with Crippen LogP contribution in [0.3, 0.4) is 0 Å². The monoisotopic (exact) mass is 298 g/mol. The van der Waals surface area contributed by atoms with Crippen LogP contribution in [-0.2, 0) is 6.42 Å². The standard InChI is InChI=1S/C17H18N2O3/c1-21-15-4-2-3-11-12(15)7-8-13(11)18-17(20)14-9-16(22-19-14)10-5-6-10/h2-4,9-10,13H,5-8H2,1H3,(H,18,20). The minimum atomic E-state index is -0.170. The Bertz CT molecular complexity index is 718. The summed E-state index contributed by atoms with van der Waals surface area (Å²) in [6.07, 6.45) is 4.06. The number of hydrogen-bond donors (Lipinski definition) is 1. The highest BCUT2D eigenvalue weighted by Crippen LogP contribution is 2.40. The molecule has 2 aromatic rings. The van der Waals surface area contributed by atoms with Crippen LogP contribution in [0, 0.1) is 0 Å². The normalized spacial score (nSPS) is 19.8. The topological polar surface area (TPSA) is 64.4 Å². The highest BCUT2D eigenvalue weighted by molar-refractivity contribution is 5.92. The number of hydrogen-bond acceptors (Lipinski definition) is 4. The molecule has 0 radical (unpaired) electrons. The van der Waals surface area contributed by atoms with Gasteiger partial charge in [-0.15, -0.1) is 0 Å². The first kappa shape index (κ1) is 13.4. The number of nitrogens with zero attached hydrogens (tertiary/aromatic N) is 1. The second kappa shape index (κ2) is 5.16. The molecule has 5 nitrogen and oxygen atoms in total. The van der Waals surface area contributed by atoms with E-state index in [1.54, 1.807) is 13.2 Å². The molecule has 1 unspecified atom stereocenters. The SMILES string of the molecule is COc1cccc2c1CCC2NC(=O)c1cc(C2CC2)on1. The highest BCUT2D eigenvalue weighted by atomic mass is 16.5. The van der Waals surface area contributed by atoms with Crippen LogP contribution in [-0.4, -0.2) is 18.2 Å². The number of ether oxygens (including phenoxy) is 1. The number of nitrogens with one attached hydrogen (secondary N) is 1. The predicted octanol–water partition coefficient (Wildman–Crippen LogP) is 2.98. The van der Waals surface area contributed by atoms with Gasteiger partial charge in [-0.2, -0.15) is 0 Å². The van der Waals surface area contributed by atoms with Crippen LogP contribution in [0.2, 0.25) is 0 Å². The number of methoxy groups -OCH3 is 1. The molecule has 1 N–H and O–H groups in total. The summed E-state index contributed by atoms with van der Waals surface area (Å²) in [4.78, 5) is 12.4. The molecule has 1 atom stereocenters. The fourth-order valence-corrected chi connectivity index (χ4v) is 3.15. The van der Waals surface area contributed by atoms with Crippen molar-refractivity contribution in [3.8, 4) is 5.75 Å². The molecular weight excluding hydrogens is 280 g/mol. The second-order valence-corrected chi connectivity index (χ2v) is 5.98.